The van der Waals surface area contributed by atoms with E-state index in [2.05, 4.69) is 131 Å². The molecule has 0 aliphatic rings. The zero-order chi connectivity index (χ0) is 28.3. The first kappa shape index (κ1) is 24.2. The molecule has 3 aromatic heterocycles. The van der Waals surface area contributed by atoms with Crippen molar-refractivity contribution < 1.29 is 0 Å². The van der Waals surface area contributed by atoms with Gasteiger partial charge in [-0.05, 0) is 115 Å². The van der Waals surface area contributed by atoms with Crippen LogP contribution in [-0.2, 0) is 0 Å². The average Bonchev–Trinajstić information content (AvgIpc) is 3.48. The van der Waals surface area contributed by atoms with Gasteiger partial charge in [-0.2, -0.15) is 0 Å². The average molecular weight is 565 g/mol. The summed E-state index contributed by atoms with van der Waals surface area (Å²) in [6.07, 6.45) is 7.47. The van der Waals surface area contributed by atoms with E-state index in [-0.39, 0.29) is 0 Å². The number of aromatic nitrogens is 2. The molecule has 3 heterocycles. The summed E-state index contributed by atoms with van der Waals surface area (Å²) >= 11 is 1.91. The van der Waals surface area contributed by atoms with Crippen LogP contribution in [0.25, 0.3) is 85.9 Å². The highest BCUT2D eigenvalue weighted by Gasteiger charge is 2.19. The fraction of sp³-hybridized carbons (Fsp3) is 0. The van der Waals surface area contributed by atoms with E-state index in [9.17, 15) is 0 Å². The normalized spacial score (nSPS) is 11.7. The lowest BCUT2D eigenvalue weighted by Crippen LogP contribution is -1.89. The predicted octanol–water partition coefficient (Wildman–Crippen LogP) is 11.3. The molecule has 0 atom stereocenters. The molecule has 0 fully saturated rings. The van der Waals surface area contributed by atoms with E-state index >= 15 is 0 Å². The van der Waals surface area contributed by atoms with Crippen LogP contribution < -0.4 is 0 Å². The maximum atomic E-state index is 4.28. The number of nitrogens with zero attached hydrogens (tertiary/aromatic N) is 2. The van der Waals surface area contributed by atoms with Gasteiger partial charge < -0.3 is 0 Å². The van der Waals surface area contributed by atoms with Crippen LogP contribution in [0.5, 0.6) is 0 Å². The molecular weight excluding hydrogens is 541 g/mol. The van der Waals surface area contributed by atoms with Gasteiger partial charge in [-0.1, -0.05) is 66.7 Å². The van der Waals surface area contributed by atoms with Crippen molar-refractivity contribution in [2.24, 2.45) is 0 Å². The molecule has 43 heavy (non-hydrogen) atoms. The Morgan fingerprint density at radius 2 is 0.860 bits per heavy atom. The van der Waals surface area contributed by atoms with E-state index in [0.717, 1.165) is 11.1 Å². The quantitative estimate of drug-likeness (QED) is 0.199. The van der Waals surface area contributed by atoms with Crippen molar-refractivity contribution >= 4 is 63.8 Å². The molecule has 200 valence electrons. The monoisotopic (exact) mass is 564 g/mol. The third-order valence-corrected chi connectivity index (χ3v) is 9.81. The summed E-state index contributed by atoms with van der Waals surface area (Å²) < 4.78 is 2.65. The molecule has 0 unspecified atom stereocenters. The minimum Gasteiger partial charge on any atom is -0.265 e. The summed E-state index contributed by atoms with van der Waals surface area (Å²) in [4.78, 5) is 8.56. The Morgan fingerprint density at radius 1 is 0.372 bits per heavy atom. The molecule has 0 saturated heterocycles. The smallest absolute Gasteiger partial charge is 0.0446 e. The molecular formula is C40H24N2S. The van der Waals surface area contributed by atoms with E-state index in [1.165, 1.54) is 74.7 Å². The SMILES string of the molecule is c1ccc2c(c1)sc1c2c(-c2cc(-c3ccncc3)cc(-c3ccncc3)c2)cc2c3ccccc3c3ccccc3c21. The molecule has 0 bridgehead atoms. The van der Waals surface area contributed by atoms with Gasteiger partial charge in [0.05, 0.1) is 0 Å². The maximum absolute atomic E-state index is 4.28. The van der Waals surface area contributed by atoms with Crippen molar-refractivity contribution in [3.05, 3.63) is 146 Å². The summed E-state index contributed by atoms with van der Waals surface area (Å²) in [6, 6.07) is 44.4. The van der Waals surface area contributed by atoms with Crippen molar-refractivity contribution in [2.75, 3.05) is 0 Å². The van der Waals surface area contributed by atoms with Gasteiger partial charge in [0.15, 0.2) is 0 Å². The number of rotatable bonds is 3. The van der Waals surface area contributed by atoms with Gasteiger partial charge in [0.2, 0.25) is 0 Å². The van der Waals surface area contributed by atoms with E-state index in [1.54, 1.807) is 0 Å². The minimum atomic E-state index is 1.15. The van der Waals surface area contributed by atoms with Crippen molar-refractivity contribution in [1.29, 1.82) is 0 Å². The van der Waals surface area contributed by atoms with Crippen molar-refractivity contribution in [2.45, 2.75) is 0 Å². The lowest BCUT2D eigenvalue weighted by atomic mass is 9.88. The number of pyridine rings is 2. The van der Waals surface area contributed by atoms with Gasteiger partial charge in [-0.25, -0.2) is 0 Å². The van der Waals surface area contributed by atoms with Crippen LogP contribution in [0.1, 0.15) is 0 Å². The standard InChI is InChI=1S/C40H24N2S/c1-2-9-32-30(7-1)31-8-3-4-10-33(31)38-36(32)24-35(39-34-11-5-6-12-37(34)43-40(38)39)29-22-27(25-13-17-41-18-14-25)21-28(23-29)26-15-19-42-20-16-26/h1-24H. The molecule has 0 aliphatic heterocycles. The third-order valence-electron chi connectivity index (χ3n) is 8.63. The summed E-state index contributed by atoms with van der Waals surface area (Å²) in [5.41, 5.74) is 7.10. The molecule has 0 N–H and O–H groups in total. The van der Waals surface area contributed by atoms with Gasteiger partial charge in [0.25, 0.3) is 0 Å². The first-order valence-corrected chi connectivity index (χ1v) is 15.3. The minimum absolute atomic E-state index is 1.15. The van der Waals surface area contributed by atoms with Gasteiger partial charge in [-0.15, -0.1) is 11.3 Å². The summed E-state index contributed by atoms with van der Waals surface area (Å²) in [5, 5.41) is 10.4. The Bertz CT molecular complexity index is 2440. The predicted molar refractivity (Wildman–Crippen MR) is 184 cm³/mol. The zero-order valence-corrected chi connectivity index (χ0v) is 24.0. The van der Waals surface area contributed by atoms with Crippen LogP contribution in [0.15, 0.2) is 146 Å². The van der Waals surface area contributed by atoms with Gasteiger partial charge >= 0.3 is 0 Å². The maximum Gasteiger partial charge on any atom is 0.0446 e. The second kappa shape index (κ2) is 9.59. The Hall–Kier alpha value is -5.38. The summed E-state index contributed by atoms with van der Waals surface area (Å²) in [6.45, 7) is 0. The van der Waals surface area contributed by atoms with Gasteiger partial charge in [0.1, 0.15) is 0 Å². The topological polar surface area (TPSA) is 25.8 Å². The largest absolute Gasteiger partial charge is 0.265 e. The first-order chi connectivity index (χ1) is 21.3. The molecule has 0 saturated carbocycles. The summed E-state index contributed by atoms with van der Waals surface area (Å²) in [5.74, 6) is 0. The Balaban J connectivity index is 1.48. The van der Waals surface area contributed by atoms with Crippen LogP contribution in [0.2, 0.25) is 0 Å². The van der Waals surface area contributed by atoms with Gasteiger partial charge in [0, 0.05) is 50.3 Å². The number of thiophene rings is 1. The number of hydrogen-bond donors (Lipinski definition) is 0. The van der Waals surface area contributed by atoms with E-state index in [1.807, 2.05) is 36.1 Å². The lowest BCUT2D eigenvalue weighted by Gasteiger charge is -2.16. The van der Waals surface area contributed by atoms with Gasteiger partial charge in [-0.3, -0.25) is 9.97 Å². The second-order valence-corrected chi connectivity index (χ2v) is 12.1. The molecule has 9 rings (SSSR count). The van der Waals surface area contributed by atoms with Crippen LogP contribution in [0.3, 0.4) is 0 Å². The Labute approximate surface area is 252 Å². The Kier molecular flexibility index (Phi) is 5.40. The zero-order valence-electron chi connectivity index (χ0n) is 23.2. The Morgan fingerprint density at radius 3 is 1.49 bits per heavy atom. The molecule has 9 aromatic rings. The number of fused-ring (bicyclic) bond motifs is 10. The second-order valence-electron chi connectivity index (χ2n) is 11.0. The lowest BCUT2D eigenvalue weighted by molar-refractivity contribution is 1.33. The fourth-order valence-corrected chi connectivity index (χ4v) is 7.99. The molecule has 3 heteroatoms. The molecule has 6 aromatic carbocycles. The number of benzene rings is 6. The highest BCUT2D eigenvalue weighted by Crippen LogP contribution is 2.49. The highest BCUT2D eigenvalue weighted by molar-refractivity contribution is 7.27. The third kappa shape index (κ3) is 3.79. The molecule has 0 amide bonds. The van der Waals surface area contributed by atoms with Crippen LogP contribution in [-0.4, -0.2) is 9.97 Å². The molecule has 0 aliphatic carbocycles. The molecule has 0 spiro atoms. The van der Waals surface area contributed by atoms with E-state index in [0.29, 0.717) is 0 Å². The van der Waals surface area contributed by atoms with Crippen LogP contribution in [0.4, 0.5) is 0 Å². The van der Waals surface area contributed by atoms with Crippen LogP contribution in [0, 0.1) is 0 Å². The summed E-state index contributed by atoms with van der Waals surface area (Å²) in [7, 11) is 0. The first-order valence-electron chi connectivity index (χ1n) is 14.5. The van der Waals surface area contributed by atoms with Crippen LogP contribution >= 0.6 is 11.3 Å². The number of hydrogen-bond acceptors (Lipinski definition) is 3. The van der Waals surface area contributed by atoms with E-state index < -0.39 is 0 Å². The van der Waals surface area contributed by atoms with Crippen molar-refractivity contribution in [1.82, 2.24) is 9.97 Å². The fourth-order valence-electron chi connectivity index (χ4n) is 6.70. The highest BCUT2D eigenvalue weighted by atomic mass is 32.1. The van der Waals surface area contributed by atoms with Crippen molar-refractivity contribution in [3.63, 3.8) is 0 Å². The molecule has 2 nitrogen and oxygen atoms in total. The molecule has 0 radical (unpaired) electrons. The van der Waals surface area contributed by atoms with Crippen molar-refractivity contribution in [3.8, 4) is 33.4 Å². The van der Waals surface area contributed by atoms with E-state index in [4.69, 9.17) is 0 Å².